The summed E-state index contributed by atoms with van der Waals surface area (Å²) in [6, 6.07) is 7.93. The molecule has 0 saturated heterocycles. The highest BCUT2D eigenvalue weighted by atomic mass is 16.6. The average molecular weight is 337 g/mol. The second-order valence-electron chi connectivity index (χ2n) is 6.64. The molecule has 0 aliphatic rings. The predicted molar refractivity (Wildman–Crippen MR) is 90.8 cm³/mol. The lowest BCUT2D eigenvalue weighted by Gasteiger charge is -2.28. The maximum absolute atomic E-state index is 12.1. The molecule has 1 amide bonds. The SMILES string of the molecule is CC[C@H](OC(=O)c1ccccc1)[C@H](O)[C@@H](C)NC(=O)OC(C)(C)C. The molecular weight excluding hydrogens is 310 g/mol. The minimum atomic E-state index is -1.05. The van der Waals surface area contributed by atoms with E-state index >= 15 is 0 Å². The molecule has 1 rings (SSSR count). The first-order valence-corrected chi connectivity index (χ1v) is 8.07. The van der Waals surface area contributed by atoms with Crippen molar-refractivity contribution in [3.63, 3.8) is 0 Å². The Labute approximate surface area is 143 Å². The van der Waals surface area contributed by atoms with E-state index < -0.39 is 35.9 Å². The van der Waals surface area contributed by atoms with Crippen LogP contribution in [0.1, 0.15) is 51.4 Å². The number of aliphatic hydroxyl groups excluding tert-OH is 1. The van der Waals surface area contributed by atoms with Crippen LogP contribution in [0.4, 0.5) is 4.79 Å². The van der Waals surface area contributed by atoms with Gasteiger partial charge in [0.15, 0.2) is 0 Å². The molecule has 1 aromatic rings. The van der Waals surface area contributed by atoms with E-state index in [9.17, 15) is 14.7 Å². The monoisotopic (exact) mass is 337 g/mol. The number of nitrogens with one attached hydrogen (secondary N) is 1. The summed E-state index contributed by atoms with van der Waals surface area (Å²) in [6.45, 7) is 8.69. The number of hydrogen-bond donors (Lipinski definition) is 2. The first-order valence-electron chi connectivity index (χ1n) is 8.07. The Bertz CT molecular complexity index is 538. The van der Waals surface area contributed by atoms with E-state index in [0.717, 1.165) is 0 Å². The van der Waals surface area contributed by atoms with Crippen molar-refractivity contribution >= 4 is 12.1 Å². The van der Waals surface area contributed by atoms with Crippen molar-refractivity contribution in [2.45, 2.75) is 64.9 Å². The molecule has 24 heavy (non-hydrogen) atoms. The predicted octanol–water partition coefficient (Wildman–Crippen LogP) is 2.90. The summed E-state index contributed by atoms with van der Waals surface area (Å²) in [5, 5.41) is 12.9. The minimum absolute atomic E-state index is 0.413. The number of amides is 1. The molecule has 0 aliphatic carbocycles. The lowest BCUT2D eigenvalue weighted by Crippen LogP contribution is -2.49. The smallest absolute Gasteiger partial charge is 0.407 e. The van der Waals surface area contributed by atoms with Crippen LogP contribution in [-0.2, 0) is 9.47 Å². The third kappa shape index (κ3) is 6.58. The Morgan fingerprint density at radius 2 is 1.79 bits per heavy atom. The van der Waals surface area contributed by atoms with Gasteiger partial charge in [0.2, 0.25) is 0 Å². The summed E-state index contributed by atoms with van der Waals surface area (Å²) in [5.74, 6) is -0.508. The van der Waals surface area contributed by atoms with Crippen molar-refractivity contribution in [1.29, 1.82) is 0 Å². The van der Waals surface area contributed by atoms with E-state index in [4.69, 9.17) is 9.47 Å². The Morgan fingerprint density at radius 3 is 2.29 bits per heavy atom. The van der Waals surface area contributed by atoms with Crippen LogP contribution in [0, 0.1) is 0 Å². The van der Waals surface area contributed by atoms with Gasteiger partial charge in [-0.2, -0.15) is 0 Å². The number of carbonyl (C=O) groups excluding carboxylic acids is 2. The topological polar surface area (TPSA) is 84.9 Å². The van der Waals surface area contributed by atoms with Gasteiger partial charge in [-0.25, -0.2) is 9.59 Å². The summed E-state index contributed by atoms with van der Waals surface area (Å²) < 4.78 is 10.5. The maximum atomic E-state index is 12.1. The first-order chi connectivity index (χ1) is 11.1. The van der Waals surface area contributed by atoms with E-state index in [1.165, 1.54) is 0 Å². The van der Waals surface area contributed by atoms with Gasteiger partial charge in [0.25, 0.3) is 0 Å². The summed E-state index contributed by atoms with van der Waals surface area (Å²) in [4.78, 5) is 23.9. The first kappa shape index (κ1) is 20.0. The quantitative estimate of drug-likeness (QED) is 0.780. The lowest BCUT2D eigenvalue weighted by molar-refractivity contribution is -0.0318. The van der Waals surface area contributed by atoms with Crippen molar-refractivity contribution in [3.8, 4) is 0 Å². The molecule has 6 nitrogen and oxygen atoms in total. The maximum Gasteiger partial charge on any atom is 0.407 e. The minimum Gasteiger partial charge on any atom is -0.456 e. The number of esters is 1. The number of benzene rings is 1. The molecule has 0 radical (unpaired) electrons. The summed E-state index contributed by atoms with van der Waals surface area (Å²) in [7, 11) is 0. The average Bonchev–Trinajstić information content (AvgIpc) is 2.50. The van der Waals surface area contributed by atoms with Crippen LogP contribution in [0.3, 0.4) is 0 Å². The zero-order valence-electron chi connectivity index (χ0n) is 14.9. The molecule has 6 heteroatoms. The molecule has 0 saturated carbocycles. The molecule has 2 N–H and O–H groups in total. The summed E-state index contributed by atoms with van der Waals surface area (Å²) in [6.07, 6.45) is -1.99. The van der Waals surface area contributed by atoms with E-state index in [-0.39, 0.29) is 0 Å². The summed E-state index contributed by atoms with van der Waals surface area (Å²) in [5.41, 5.74) is -0.213. The van der Waals surface area contributed by atoms with Crippen molar-refractivity contribution in [3.05, 3.63) is 35.9 Å². The number of aliphatic hydroxyl groups is 1. The van der Waals surface area contributed by atoms with Crippen molar-refractivity contribution in [2.24, 2.45) is 0 Å². The van der Waals surface area contributed by atoms with Gasteiger partial charge in [0.05, 0.1) is 11.6 Å². The largest absolute Gasteiger partial charge is 0.456 e. The van der Waals surface area contributed by atoms with Gasteiger partial charge in [0.1, 0.15) is 17.8 Å². The second kappa shape index (κ2) is 8.68. The standard InChI is InChI=1S/C18H27NO5/c1-6-14(23-16(21)13-10-8-7-9-11-13)15(20)12(2)19-17(22)24-18(3,4)5/h7-12,14-15,20H,6H2,1-5H3,(H,19,22)/t12-,14+,15-/m1/s1. The van der Waals surface area contributed by atoms with Crippen LogP contribution in [-0.4, -0.2) is 41.0 Å². The zero-order chi connectivity index (χ0) is 18.3. The normalized spacial score (nSPS) is 15.1. The number of rotatable bonds is 6. The van der Waals surface area contributed by atoms with Crippen LogP contribution in [0.15, 0.2) is 30.3 Å². The van der Waals surface area contributed by atoms with Crippen LogP contribution in [0.2, 0.25) is 0 Å². The third-order valence-corrected chi connectivity index (χ3v) is 3.31. The second-order valence-corrected chi connectivity index (χ2v) is 6.64. The third-order valence-electron chi connectivity index (χ3n) is 3.31. The molecule has 0 fully saturated rings. The van der Waals surface area contributed by atoms with Gasteiger partial charge < -0.3 is 19.9 Å². The van der Waals surface area contributed by atoms with E-state index in [1.54, 1.807) is 65.0 Å². The fraction of sp³-hybridized carbons (Fsp3) is 0.556. The van der Waals surface area contributed by atoms with Crippen LogP contribution >= 0.6 is 0 Å². The van der Waals surface area contributed by atoms with Crippen molar-refractivity contribution < 1.29 is 24.2 Å². The van der Waals surface area contributed by atoms with E-state index in [0.29, 0.717) is 12.0 Å². The molecule has 3 atom stereocenters. The molecule has 0 spiro atoms. The van der Waals surface area contributed by atoms with Gasteiger partial charge in [-0.1, -0.05) is 25.1 Å². The molecule has 134 valence electrons. The fourth-order valence-corrected chi connectivity index (χ4v) is 2.08. The van der Waals surface area contributed by atoms with Crippen LogP contribution < -0.4 is 5.32 Å². The molecular formula is C18H27NO5. The van der Waals surface area contributed by atoms with Crippen LogP contribution in [0.25, 0.3) is 0 Å². The molecule has 0 heterocycles. The van der Waals surface area contributed by atoms with Gasteiger partial charge >= 0.3 is 12.1 Å². The highest BCUT2D eigenvalue weighted by Gasteiger charge is 2.29. The van der Waals surface area contributed by atoms with Crippen molar-refractivity contribution in [1.82, 2.24) is 5.32 Å². The molecule has 0 bridgehead atoms. The van der Waals surface area contributed by atoms with Gasteiger partial charge in [-0.15, -0.1) is 0 Å². The number of alkyl carbamates (subject to hydrolysis) is 1. The van der Waals surface area contributed by atoms with Gasteiger partial charge in [-0.05, 0) is 46.2 Å². The van der Waals surface area contributed by atoms with Crippen LogP contribution in [0.5, 0.6) is 0 Å². The highest BCUT2D eigenvalue weighted by molar-refractivity contribution is 5.89. The Morgan fingerprint density at radius 1 is 1.21 bits per heavy atom. The Hall–Kier alpha value is -2.08. The lowest BCUT2D eigenvalue weighted by atomic mass is 10.0. The molecule has 0 aromatic heterocycles. The highest BCUT2D eigenvalue weighted by Crippen LogP contribution is 2.13. The Kier molecular flexibility index (Phi) is 7.22. The number of ether oxygens (including phenoxy) is 2. The van der Waals surface area contributed by atoms with E-state index in [2.05, 4.69) is 5.32 Å². The van der Waals surface area contributed by atoms with Crippen molar-refractivity contribution in [2.75, 3.05) is 0 Å². The zero-order valence-corrected chi connectivity index (χ0v) is 14.9. The number of hydrogen-bond acceptors (Lipinski definition) is 5. The van der Waals surface area contributed by atoms with Gasteiger partial charge in [-0.3, -0.25) is 0 Å². The molecule has 1 aromatic carbocycles. The van der Waals surface area contributed by atoms with Gasteiger partial charge in [0, 0.05) is 0 Å². The molecule has 0 unspecified atom stereocenters. The fourth-order valence-electron chi connectivity index (χ4n) is 2.08. The summed E-state index contributed by atoms with van der Waals surface area (Å²) >= 11 is 0. The van der Waals surface area contributed by atoms with E-state index in [1.807, 2.05) is 0 Å². The Balaban J connectivity index is 2.63. The number of carbonyl (C=O) groups is 2. The molecule has 0 aliphatic heterocycles.